The molecule has 4 heteroatoms. The van der Waals surface area contributed by atoms with E-state index in [-0.39, 0.29) is 6.61 Å². The molecule has 0 radical (unpaired) electrons. The third-order valence-electron chi connectivity index (χ3n) is 1.82. The summed E-state index contributed by atoms with van der Waals surface area (Å²) < 4.78 is 0. The first-order chi connectivity index (χ1) is 6.72. The summed E-state index contributed by atoms with van der Waals surface area (Å²) >= 11 is 7.54. The van der Waals surface area contributed by atoms with Crippen LogP contribution in [0.5, 0.6) is 0 Å². The minimum atomic E-state index is 0.247. The molecular formula is C10H14ClNOS. The van der Waals surface area contributed by atoms with E-state index in [0.717, 1.165) is 17.9 Å². The Morgan fingerprint density at radius 1 is 1.57 bits per heavy atom. The van der Waals surface area contributed by atoms with E-state index in [4.69, 9.17) is 16.7 Å². The molecule has 0 amide bonds. The maximum atomic E-state index is 8.73. The van der Waals surface area contributed by atoms with Crippen LogP contribution < -0.4 is 0 Å². The zero-order valence-corrected chi connectivity index (χ0v) is 9.68. The highest BCUT2D eigenvalue weighted by Gasteiger charge is 2.03. The van der Waals surface area contributed by atoms with E-state index in [1.54, 1.807) is 17.8 Å². The van der Waals surface area contributed by atoms with Crippen molar-refractivity contribution in [3.8, 4) is 0 Å². The van der Waals surface area contributed by atoms with Gasteiger partial charge in [0.2, 0.25) is 0 Å². The number of rotatable bonds is 5. The first-order valence-corrected chi connectivity index (χ1v) is 5.99. The number of thioether (sulfide) groups is 1. The van der Waals surface area contributed by atoms with Crippen LogP contribution in [0.4, 0.5) is 0 Å². The summed E-state index contributed by atoms with van der Waals surface area (Å²) in [5.74, 6) is 0.849. The largest absolute Gasteiger partial charge is 0.396 e. The van der Waals surface area contributed by atoms with Crippen LogP contribution in [0.2, 0.25) is 5.15 Å². The van der Waals surface area contributed by atoms with Crippen LogP contribution in [0.1, 0.15) is 19.0 Å². The fraction of sp³-hybridized carbons (Fsp3) is 0.500. The molecule has 0 saturated carbocycles. The van der Waals surface area contributed by atoms with E-state index in [0.29, 0.717) is 10.4 Å². The van der Waals surface area contributed by atoms with Crippen molar-refractivity contribution in [3.05, 3.63) is 29.0 Å². The third kappa shape index (κ3) is 4.31. The molecule has 1 aromatic heterocycles. The molecule has 1 atom stereocenters. The molecule has 78 valence electrons. The minimum Gasteiger partial charge on any atom is -0.396 e. The second-order valence-corrected chi connectivity index (χ2v) is 4.90. The number of nitrogens with zero attached hydrogens (tertiary/aromatic N) is 1. The molecule has 0 aliphatic heterocycles. The van der Waals surface area contributed by atoms with E-state index >= 15 is 0 Å². The van der Waals surface area contributed by atoms with Gasteiger partial charge in [-0.2, -0.15) is 11.8 Å². The Hall–Kier alpha value is -0.250. The van der Waals surface area contributed by atoms with Crippen LogP contribution in [0.25, 0.3) is 0 Å². The number of aliphatic hydroxyl groups excluding tert-OH is 1. The smallest absolute Gasteiger partial charge is 0.129 e. The summed E-state index contributed by atoms with van der Waals surface area (Å²) in [5, 5.41) is 9.73. The summed E-state index contributed by atoms with van der Waals surface area (Å²) in [7, 11) is 0. The van der Waals surface area contributed by atoms with Crippen molar-refractivity contribution < 1.29 is 5.11 Å². The number of hydrogen-bond donors (Lipinski definition) is 1. The molecule has 1 N–H and O–H groups in total. The Balaban J connectivity index is 2.37. The maximum Gasteiger partial charge on any atom is 0.129 e. The Bertz CT molecular complexity index is 283. The van der Waals surface area contributed by atoms with Gasteiger partial charge in [0.05, 0.1) is 5.69 Å². The average molecular weight is 232 g/mol. The van der Waals surface area contributed by atoms with Crippen molar-refractivity contribution in [1.82, 2.24) is 4.98 Å². The second-order valence-electron chi connectivity index (χ2n) is 3.09. The molecule has 0 saturated heterocycles. The van der Waals surface area contributed by atoms with Crippen LogP contribution in [0, 0.1) is 0 Å². The summed E-state index contributed by atoms with van der Waals surface area (Å²) in [6.07, 6.45) is 0.825. The summed E-state index contributed by atoms with van der Waals surface area (Å²) in [5.41, 5.74) is 0.993. The Labute approximate surface area is 93.7 Å². The molecule has 0 bridgehead atoms. The third-order valence-corrected chi connectivity index (χ3v) is 3.30. The van der Waals surface area contributed by atoms with Crippen molar-refractivity contribution in [2.45, 2.75) is 24.3 Å². The first-order valence-electron chi connectivity index (χ1n) is 4.56. The summed E-state index contributed by atoms with van der Waals surface area (Å²) in [6.45, 7) is 2.35. The lowest BCUT2D eigenvalue weighted by molar-refractivity contribution is 0.289. The average Bonchev–Trinajstić information content (AvgIpc) is 2.15. The lowest BCUT2D eigenvalue weighted by Crippen LogP contribution is -2.00. The topological polar surface area (TPSA) is 33.1 Å². The lowest BCUT2D eigenvalue weighted by Gasteiger charge is -2.08. The normalized spacial score (nSPS) is 12.8. The van der Waals surface area contributed by atoms with E-state index in [9.17, 15) is 0 Å². The molecule has 1 rings (SSSR count). The molecule has 1 unspecified atom stereocenters. The summed E-state index contributed by atoms with van der Waals surface area (Å²) in [6, 6.07) is 5.64. The second kappa shape index (κ2) is 6.27. The fourth-order valence-electron chi connectivity index (χ4n) is 1.02. The standard InChI is InChI=1S/C10H14ClNOS/c1-8(5-6-13)14-7-9-3-2-4-10(11)12-9/h2-4,8,13H,5-7H2,1H3. The molecular weight excluding hydrogens is 218 g/mol. The van der Waals surface area contributed by atoms with Gasteiger partial charge in [0.25, 0.3) is 0 Å². The number of hydrogen-bond acceptors (Lipinski definition) is 3. The quantitative estimate of drug-likeness (QED) is 0.792. The highest BCUT2D eigenvalue weighted by molar-refractivity contribution is 7.99. The Morgan fingerprint density at radius 3 is 3.00 bits per heavy atom. The first kappa shape index (κ1) is 11.8. The Kier molecular flexibility index (Phi) is 5.30. The highest BCUT2D eigenvalue weighted by Crippen LogP contribution is 2.19. The van der Waals surface area contributed by atoms with Crippen LogP contribution in [-0.4, -0.2) is 21.9 Å². The molecule has 0 aromatic carbocycles. The van der Waals surface area contributed by atoms with Gasteiger partial charge in [-0.25, -0.2) is 4.98 Å². The van der Waals surface area contributed by atoms with Gasteiger partial charge in [-0.3, -0.25) is 0 Å². The van der Waals surface area contributed by atoms with Gasteiger partial charge in [0.1, 0.15) is 5.15 Å². The number of pyridine rings is 1. The predicted octanol–water partition coefficient (Wildman–Crippen LogP) is 2.74. The van der Waals surface area contributed by atoms with Crippen molar-refractivity contribution in [2.75, 3.05) is 6.61 Å². The van der Waals surface area contributed by atoms with Gasteiger partial charge < -0.3 is 5.11 Å². The highest BCUT2D eigenvalue weighted by atomic mass is 35.5. The van der Waals surface area contributed by atoms with Crippen molar-refractivity contribution in [3.63, 3.8) is 0 Å². The number of aliphatic hydroxyl groups is 1. The molecule has 14 heavy (non-hydrogen) atoms. The zero-order chi connectivity index (χ0) is 10.4. The molecule has 0 aliphatic carbocycles. The number of aromatic nitrogens is 1. The minimum absolute atomic E-state index is 0.247. The molecule has 1 heterocycles. The van der Waals surface area contributed by atoms with Gasteiger partial charge in [-0.05, 0) is 18.6 Å². The molecule has 0 aliphatic rings. The fourth-order valence-corrected chi connectivity index (χ4v) is 2.09. The van der Waals surface area contributed by atoms with Gasteiger partial charge in [0.15, 0.2) is 0 Å². The molecule has 0 spiro atoms. The molecule has 0 fully saturated rings. The van der Waals surface area contributed by atoms with E-state index in [2.05, 4.69) is 11.9 Å². The van der Waals surface area contributed by atoms with Crippen molar-refractivity contribution in [2.24, 2.45) is 0 Å². The van der Waals surface area contributed by atoms with Crippen LogP contribution in [-0.2, 0) is 5.75 Å². The van der Waals surface area contributed by atoms with Gasteiger partial charge in [-0.15, -0.1) is 0 Å². The van der Waals surface area contributed by atoms with Gasteiger partial charge in [0, 0.05) is 17.6 Å². The monoisotopic (exact) mass is 231 g/mol. The van der Waals surface area contributed by atoms with Crippen LogP contribution in [0.15, 0.2) is 18.2 Å². The lowest BCUT2D eigenvalue weighted by atomic mass is 10.3. The van der Waals surface area contributed by atoms with E-state index in [1.165, 1.54) is 0 Å². The van der Waals surface area contributed by atoms with Crippen molar-refractivity contribution in [1.29, 1.82) is 0 Å². The Morgan fingerprint density at radius 2 is 2.36 bits per heavy atom. The summed E-state index contributed by atoms with van der Waals surface area (Å²) in [4.78, 5) is 4.19. The van der Waals surface area contributed by atoms with Crippen LogP contribution >= 0.6 is 23.4 Å². The molecule has 1 aromatic rings. The number of halogens is 1. The van der Waals surface area contributed by atoms with Crippen molar-refractivity contribution >= 4 is 23.4 Å². The SMILES string of the molecule is CC(CCO)SCc1cccc(Cl)n1. The van der Waals surface area contributed by atoms with Gasteiger partial charge >= 0.3 is 0 Å². The van der Waals surface area contributed by atoms with E-state index in [1.807, 2.05) is 12.1 Å². The molecule has 2 nitrogen and oxygen atoms in total. The van der Waals surface area contributed by atoms with Crippen LogP contribution in [0.3, 0.4) is 0 Å². The van der Waals surface area contributed by atoms with E-state index < -0.39 is 0 Å². The van der Waals surface area contributed by atoms with Gasteiger partial charge in [-0.1, -0.05) is 24.6 Å². The predicted molar refractivity (Wildman–Crippen MR) is 61.7 cm³/mol. The zero-order valence-electron chi connectivity index (χ0n) is 8.11. The maximum absolute atomic E-state index is 8.73.